The number of H-pyrrole nitrogens is 1. The second kappa shape index (κ2) is 8.28. The molecule has 0 fully saturated rings. The number of rotatable bonds is 6. The van der Waals surface area contributed by atoms with Gasteiger partial charge in [-0.1, -0.05) is 23.9 Å². The molecule has 0 saturated heterocycles. The van der Waals surface area contributed by atoms with Crippen LogP contribution >= 0.6 is 11.8 Å². The van der Waals surface area contributed by atoms with Gasteiger partial charge in [0, 0.05) is 12.2 Å². The zero-order valence-corrected chi connectivity index (χ0v) is 16.6. The molecule has 1 amide bonds. The summed E-state index contributed by atoms with van der Waals surface area (Å²) in [7, 11) is 0. The second-order valence-corrected chi connectivity index (χ2v) is 7.61. The van der Waals surface area contributed by atoms with Crippen molar-refractivity contribution in [3.8, 4) is 6.07 Å². The lowest BCUT2D eigenvalue weighted by Gasteiger charge is -2.22. The molecule has 2 aromatic carbocycles. The molecule has 3 aromatic rings. The molecule has 1 heterocycles. The van der Waals surface area contributed by atoms with E-state index < -0.39 is 0 Å². The monoisotopic (exact) mass is 378 g/mol. The third-order valence-corrected chi connectivity index (χ3v) is 5.07. The summed E-state index contributed by atoms with van der Waals surface area (Å²) in [6.45, 7) is 6.44. The summed E-state index contributed by atoms with van der Waals surface area (Å²) in [5, 5.41) is 9.68. The highest BCUT2D eigenvalue weighted by Gasteiger charge is 2.17. The van der Waals surface area contributed by atoms with Gasteiger partial charge in [-0.05, 0) is 61.7 Å². The number of anilines is 1. The van der Waals surface area contributed by atoms with Crippen molar-refractivity contribution < 1.29 is 4.79 Å². The molecule has 6 heteroatoms. The van der Waals surface area contributed by atoms with Crippen LogP contribution in [0.3, 0.4) is 0 Å². The number of aromatic nitrogens is 2. The molecule has 0 aliphatic rings. The highest BCUT2D eigenvalue weighted by Crippen LogP contribution is 2.23. The van der Waals surface area contributed by atoms with E-state index in [2.05, 4.69) is 22.1 Å². The summed E-state index contributed by atoms with van der Waals surface area (Å²) >= 11 is 1.38. The molecule has 0 unspecified atom stereocenters. The standard InChI is InChI=1S/C21H22N4OS/c1-14-5-6-18-19(12-14)24-21(23-18)27-13-20(26)25(8-4-7-22)17-10-15(2)9-16(3)11-17/h5-6,9-12H,4,8,13H2,1-3H3,(H,23,24). The van der Waals surface area contributed by atoms with Crippen molar-refractivity contribution in [2.45, 2.75) is 32.3 Å². The first-order valence-electron chi connectivity index (χ1n) is 8.81. The minimum absolute atomic E-state index is 0.0307. The SMILES string of the molecule is Cc1cc(C)cc(N(CCC#N)C(=O)CSc2nc3ccc(C)cc3[nH]2)c1. The Morgan fingerprint density at radius 2 is 1.89 bits per heavy atom. The van der Waals surface area contributed by atoms with E-state index in [1.165, 1.54) is 11.8 Å². The van der Waals surface area contributed by atoms with E-state index in [0.717, 1.165) is 38.6 Å². The average Bonchev–Trinajstić information content (AvgIpc) is 3.01. The maximum absolute atomic E-state index is 12.9. The molecule has 0 atom stereocenters. The van der Waals surface area contributed by atoms with Crippen molar-refractivity contribution in [3.05, 3.63) is 53.1 Å². The normalized spacial score (nSPS) is 10.7. The lowest BCUT2D eigenvalue weighted by Crippen LogP contribution is -2.33. The van der Waals surface area contributed by atoms with Gasteiger partial charge in [-0.25, -0.2) is 4.98 Å². The molecular formula is C21H22N4OS. The first-order chi connectivity index (χ1) is 13.0. The largest absolute Gasteiger partial charge is 0.333 e. The molecule has 5 nitrogen and oxygen atoms in total. The number of imidazole rings is 1. The van der Waals surface area contributed by atoms with Crippen molar-refractivity contribution in [1.29, 1.82) is 5.26 Å². The van der Waals surface area contributed by atoms with Gasteiger partial charge in [0.1, 0.15) is 0 Å². The topological polar surface area (TPSA) is 72.8 Å². The Morgan fingerprint density at radius 3 is 2.59 bits per heavy atom. The van der Waals surface area contributed by atoms with Crippen LogP contribution in [0, 0.1) is 32.1 Å². The molecule has 138 valence electrons. The van der Waals surface area contributed by atoms with Crippen molar-refractivity contribution in [2.75, 3.05) is 17.2 Å². The van der Waals surface area contributed by atoms with Gasteiger partial charge >= 0.3 is 0 Å². The van der Waals surface area contributed by atoms with Crippen LogP contribution in [0.4, 0.5) is 5.69 Å². The summed E-state index contributed by atoms with van der Waals surface area (Å²) in [5.41, 5.74) is 6.07. The Kier molecular flexibility index (Phi) is 5.82. The molecule has 0 spiro atoms. The van der Waals surface area contributed by atoms with Gasteiger partial charge < -0.3 is 9.88 Å². The minimum atomic E-state index is -0.0307. The summed E-state index contributed by atoms with van der Waals surface area (Å²) in [5.74, 6) is 0.230. The van der Waals surface area contributed by atoms with Gasteiger partial charge in [-0.2, -0.15) is 5.26 Å². The van der Waals surface area contributed by atoms with Crippen LogP contribution in [0.5, 0.6) is 0 Å². The van der Waals surface area contributed by atoms with Crippen molar-refractivity contribution in [1.82, 2.24) is 9.97 Å². The summed E-state index contributed by atoms with van der Waals surface area (Å²) in [6, 6.07) is 14.2. The zero-order valence-electron chi connectivity index (χ0n) is 15.7. The molecule has 1 aromatic heterocycles. The van der Waals surface area contributed by atoms with Crippen LogP contribution in [-0.2, 0) is 4.79 Å². The fraction of sp³-hybridized carbons (Fsp3) is 0.286. The van der Waals surface area contributed by atoms with E-state index >= 15 is 0 Å². The highest BCUT2D eigenvalue weighted by molar-refractivity contribution is 7.99. The smallest absolute Gasteiger partial charge is 0.237 e. The van der Waals surface area contributed by atoms with E-state index in [9.17, 15) is 4.79 Å². The third kappa shape index (κ3) is 4.69. The lowest BCUT2D eigenvalue weighted by atomic mass is 10.1. The minimum Gasteiger partial charge on any atom is -0.333 e. The Bertz CT molecular complexity index is 998. The van der Waals surface area contributed by atoms with Gasteiger partial charge in [0.25, 0.3) is 0 Å². The number of amides is 1. The fourth-order valence-electron chi connectivity index (χ4n) is 3.04. The van der Waals surface area contributed by atoms with Gasteiger partial charge in [0.15, 0.2) is 5.16 Å². The van der Waals surface area contributed by atoms with Gasteiger partial charge in [0.05, 0.1) is 29.3 Å². The van der Waals surface area contributed by atoms with E-state index in [1.54, 1.807) is 4.90 Å². The van der Waals surface area contributed by atoms with E-state index in [4.69, 9.17) is 5.26 Å². The number of carbonyl (C=O) groups excluding carboxylic acids is 1. The van der Waals surface area contributed by atoms with Crippen LogP contribution < -0.4 is 4.90 Å². The first-order valence-corrected chi connectivity index (χ1v) is 9.79. The van der Waals surface area contributed by atoms with Crippen molar-refractivity contribution in [2.24, 2.45) is 0 Å². The molecule has 0 radical (unpaired) electrons. The van der Waals surface area contributed by atoms with Crippen LogP contribution in [-0.4, -0.2) is 28.2 Å². The van der Waals surface area contributed by atoms with Crippen molar-refractivity contribution >= 4 is 34.4 Å². The van der Waals surface area contributed by atoms with Gasteiger partial charge in [-0.15, -0.1) is 0 Å². The summed E-state index contributed by atoms with van der Waals surface area (Å²) < 4.78 is 0. The number of carbonyl (C=O) groups is 1. The molecule has 3 rings (SSSR count). The molecule has 0 bridgehead atoms. The Hall–Kier alpha value is -2.78. The number of nitrogens with zero attached hydrogens (tertiary/aromatic N) is 3. The first kappa shape index (κ1) is 19.0. The van der Waals surface area contributed by atoms with Crippen LogP contribution in [0.15, 0.2) is 41.6 Å². The quantitative estimate of drug-likeness (QED) is 0.640. The lowest BCUT2D eigenvalue weighted by molar-refractivity contribution is -0.116. The number of fused-ring (bicyclic) bond motifs is 1. The number of nitrogens with one attached hydrogen (secondary N) is 1. The Labute approximate surface area is 163 Å². The van der Waals surface area contributed by atoms with E-state index in [0.29, 0.717) is 13.0 Å². The molecule has 0 aliphatic carbocycles. The highest BCUT2D eigenvalue weighted by atomic mass is 32.2. The number of hydrogen-bond donors (Lipinski definition) is 1. The number of hydrogen-bond acceptors (Lipinski definition) is 4. The molecule has 27 heavy (non-hydrogen) atoms. The molecule has 0 saturated carbocycles. The number of aryl methyl sites for hydroxylation is 3. The average molecular weight is 379 g/mol. The van der Waals surface area contributed by atoms with Crippen LogP contribution in [0.2, 0.25) is 0 Å². The Morgan fingerprint density at radius 1 is 1.15 bits per heavy atom. The van der Waals surface area contributed by atoms with Gasteiger partial charge in [0.2, 0.25) is 5.91 Å². The van der Waals surface area contributed by atoms with E-state index in [-0.39, 0.29) is 11.7 Å². The summed E-state index contributed by atoms with van der Waals surface area (Å²) in [6.07, 6.45) is 0.299. The molecular weight excluding hydrogens is 356 g/mol. The van der Waals surface area contributed by atoms with Crippen LogP contribution in [0.25, 0.3) is 11.0 Å². The number of aromatic amines is 1. The molecule has 1 N–H and O–H groups in total. The fourth-order valence-corrected chi connectivity index (χ4v) is 3.80. The maximum atomic E-state index is 12.9. The van der Waals surface area contributed by atoms with E-state index in [1.807, 2.05) is 51.1 Å². The maximum Gasteiger partial charge on any atom is 0.237 e. The van der Waals surface area contributed by atoms with Crippen LogP contribution in [0.1, 0.15) is 23.1 Å². The number of benzene rings is 2. The Balaban J connectivity index is 1.76. The zero-order chi connectivity index (χ0) is 19.4. The second-order valence-electron chi connectivity index (χ2n) is 6.65. The number of thioether (sulfide) groups is 1. The summed E-state index contributed by atoms with van der Waals surface area (Å²) in [4.78, 5) is 22.4. The predicted octanol–water partition coefficient (Wildman–Crippen LogP) is 4.53. The molecule has 0 aliphatic heterocycles. The van der Waals surface area contributed by atoms with Gasteiger partial charge in [-0.3, -0.25) is 4.79 Å². The van der Waals surface area contributed by atoms with Crippen molar-refractivity contribution in [3.63, 3.8) is 0 Å². The predicted molar refractivity (Wildman–Crippen MR) is 110 cm³/mol. The third-order valence-electron chi connectivity index (χ3n) is 4.21. The number of nitriles is 1.